The number of para-hydroxylation sites is 10. The van der Waals surface area contributed by atoms with Crippen molar-refractivity contribution in [3.8, 4) is 113 Å². The molecule has 120 heavy (non-hydrogen) atoms. The predicted molar refractivity (Wildman–Crippen MR) is 496 cm³/mol. The molecule has 0 fully saturated rings. The van der Waals surface area contributed by atoms with Crippen molar-refractivity contribution in [2.24, 2.45) is 0 Å². The van der Waals surface area contributed by atoms with Gasteiger partial charge in [0, 0.05) is 121 Å². The highest BCUT2D eigenvalue weighted by atomic mass is 15.0. The molecule has 0 saturated heterocycles. The van der Waals surface area contributed by atoms with Crippen LogP contribution in [0.2, 0.25) is 0 Å². The summed E-state index contributed by atoms with van der Waals surface area (Å²) >= 11 is 0. The van der Waals surface area contributed by atoms with Crippen LogP contribution in [0.1, 0.15) is 0 Å². The smallest absolute Gasteiger partial charge is 0.160 e. The molecule has 0 amide bonds. The van der Waals surface area contributed by atoms with Gasteiger partial charge in [0.1, 0.15) is 0 Å². The third-order valence-electron chi connectivity index (χ3n) is 23.4. The fraction of sp³-hybridized carbons (Fsp3) is 0. The number of aromatic nitrogens is 10. The van der Waals surface area contributed by atoms with Gasteiger partial charge in [-0.15, -0.1) is 0 Å². The van der Waals surface area contributed by atoms with Crippen molar-refractivity contribution in [3.05, 3.63) is 425 Å². The first-order chi connectivity index (χ1) is 59.5. The summed E-state index contributed by atoms with van der Waals surface area (Å²) in [6.07, 6.45) is 0. The highest BCUT2D eigenvalue weighted by Gasteiger charge is 2.25. The topological polar surface area (TPSA) is 97.1 Å². The van der Waals surface area contributed by atoms with Crippen LogP contribution >= 0.6 is 0 Å². The molecular weight excluding hydrogens is 1460 g/mol. The molecule has 10 heteroatoms. The lowest BCUT2D eigenvalue weighted by Crippen LogP contribution is -1.98. The van der Waals surface area contributed by atoms with Crippen molar-refractivity contribution in [1.82, 2.24) is 48.2 Å². The number of hydrogen-bond acceptors (Lipinski definition) is 6. The van der Waals surface area contributed by atoms with Crippen LogP contribution in [0, 0.1) is 0 Å². The first kappa shape index (κ1) is 69.2. The number of pyridine rings is 2. The zero-order valence-corrected chi connectivity index (χ0v) is 64.9. The molecule has 24 rings (SSSR count). The molecule has 0 atom stereocenters. The number of nitrogens with zero attached hydrogens (tertiary/aromatic N) is 10. The molecule has 0 aliphatic carbocycles. The van der Waals surface area contributed by atoms with Gasteiger partial charge in [0.15, 0.2) is 11.6 Å². The van der Waals surface area contributed by atoms with Crippen molar-refractivity contribution in [3.63, 3.8) is 0 Å². The van der Waals surface area contributed by atoms with Gasteiger partial charge in [-0.2, -0.15) is 0 Å². The zero-order chi connectivity index (χ0) is 79.1. The Kier molecular flexibility index (Phi) is 16.7. The van der Waals surface area contributed by atoms with E-state index in [0.717, 1.165) is 156 Å². The molecule has 0 aliphatic heterocycles. The van der Waals surface area contributed by atoms with E-state index >= 15 is 0 Å². The maximum atomic E-state index is 5.37. The van der Waals surface area contributed by atoms with E-state index in [-0.39, 0.29) is 0 Å². The molecule has 16 aromatic carbocycles. The minimum Gasteiger partial charge on any atom is -0.309 e. The molecule has 0 spiro atoms. The van der Waals surface area contributed by atoms with E-state index in [0.29, 0.717) is 11.6 Å². The Morgan fingerprint density at radius 1 is 0.158 bits per heavy atom. The van der Waals surface area contributed by atoms with Gasteiger partial charge in [-0.1, -0.05) is 303 Å². The number of fused-ring (bicyclic) bond motifs is 16. The standard InChI is InChI=1S/2C55H35N5/c1-3-16-36(17-4-1)47-35-48(58-55(57-47)39-18-15-21-41(34-39)59-49-27-12-8-22-42(49)43-23-9-13-28-50(43)59)37-30-32-38(33-31-37)53-52-45-25-10-14-29-51(45)60(40-19-5-2-6-20-40)54(52)44-24-7-11-26-46(44)56-53;1-3-15-36(16-4-1)47-35-48(58-55(57-47)39-31-33-41(34-32-39)59-49-24-12-8-19-42(49)43-20-9-13-25-50(43)59)37-27-29-38(30-28-37)53-52-45-22-10-14-26-51(45)60(40-17-5-2-6-18-40)54(52)44-21-7-11-23-46(44)56-53/h2*1-35H. The minimum atomic E-state index is 0.671. The van der Waals surface area contributed by atoms with E-state index in [4.69, 9.17) is 29.9 Å². The predicted octanol–water partition coefficient (Wildman–Crippen LogP) is 27.8. The summed E-state index contributed by atoms with van der Waals surface area (Å²) in [7, 11) is 0. The third-order valence-corrected chi connectivity index (χ3v) is 23.4. The molecule has 0 bridgehead atoms. The molecule has 0 unspecified atom stereocenters. The monoisotopic (exact) mass is 1530 g/mol. The maximum Gasteiger partial charge on any atom is 0.160 e. The number of rotatable bonds is 12. The van der Waals surface area contributed by atoms with Crippen molar-refractivity contribution in [1.29, 1.82) is 0 Å². The van der Waals surface area contributed by atoms with E-state index in [2.05, 4.69) is 431 Å². The fourth-order valence-corrected chi connectivity index (χ4v) is 18.0. The van der Waals surface area contributed by atoms with Gasteiger partial charge in [-0.05, 0) is 121 Å². The Balaban J connectivity index is 0.000000140. The summed E-state index contributed by atoms with van der Waals surface area (Å²) in [6.45, 7) is 0. The molecule has 0 N–H and O–H groups in total. The van der Waals surface area contributed by atoms with Crippen LogP contribution in [0.3, 0.4) is 0 Å². The van der Waals surface area contributed by atoms with E-state index in [1.54, 1.807) is 0 Å². The first-order valence-electron chi connectivity index (χ1n) is 40.6. The Labute approximate surface area is 690 Å². The van der Waals surface area contributed by atoms with E-state index in [9.17, 15) is 0 Å². The SMILES string of the molecule is c1ccc(-c2cc(-c3ccc(-c4nc5ccccc5c5c4c4ccccc4n5-c4ccccc4)cc3)nc(-c3ccc(-n4c5ccccc5c5ccccc54)cc3)n2)cc1.c1ccc(-c2cc(-c3ccc(-c4nc5ccccc5c5c4c4ccccc4n5-c4ccccc4)cc3)nc(-c3cccc(-n4c5ccccc5c5ccccc54)c3)n2)cc1. The lowest BCUT2D eigenvalue weighted by atomic mass is 10.00. The Hall–Kier alpha value is -16.3. The van der Waals surface area contributed by atoms with Gasteiger partial charge in [-0.3, -0.25) is 0 Å². The molecule has 10 nitrogen and oxygen atoms in total. The fourth-order valence-electron chi connectivity index (χ4n) is 18.0. The van der Waals surface area contributed by atoms with Crippen molar-refractivity contribution < 1.29 is 0 Å². The summed E-state index contributed by atoms with van der Waals surface area (Å²) in [4.78, 5) is 31.6. The van der Waals surface area contributed by atoms with Crippen LogP contribution in [0.15, 0.2) is 425 Å². The molecular formula is C110H70N10. The molecule has 24 aromatic rings. The largest absolute Gasteiger partial charge is 0.309 e. The Morgan fingerprint density at radius 3 is 0.817 bits per heavy atom. The lowest BCUT2D eigenvalue weighted by molar-refractivity contribution is 1.16. The van der Waals surface area contributed by atoms with Gasteiger partial charge in [0.05, 0.1) is 89.3 Å². The van der Waals surface area contributed by atoms with Crippen molar-refractivity contribution in [2.45, 2.75) is 0 Å². The van der Waals surface area contributed by atoms with E-state index in [1.165, 1.54) is 54.4 Å². The molecule has 8 aromatic heterocycles. The molecule has 8 heterocycles. The molecule has 560 valence electrons. The highest BCUT2D eigenvalue weighted by molar-refractivity contribution is 6.24. The quantitative estimate of drug-likeness (QED) is 0.121. The lowest BCUT2D eigenvalue weighted by Gasteiger charge is -2.13. The van der Waals surface area contributed by atoms with Crippen LogP contribution < -0.4 is 0 Å². The first-order valence-corrected chi connectivity index (χ1v) is 40.6. The van der Waals surface area contributed by atoms with Crippen LogP contribution in [-0.2, 0) is 0 Å². The second-order valence-corrected chi connectivity index (χ2v) is 30.4. The average molecular weight is 1530 g/mol. The van der Waals surface area contributed by atoms with Crippen LogP contribution in [-0.4, -0.2) is 48.2 Å². The van der Waals surface area contributed by atoms with E-state index in [1.807, 2.05) is 12.1 Å². The average Bonchev–Trinajstić information content (AvgIpc) is 1.56. The molecule has 0 aliphatic rings. The van der Waals surface area contributed by atoms with Crippen molar-refractivity contribution in [2.75, 3.05) is 0 Å². The number of benzene rings is 16. The second kappa shape index (κ2) is 28.9. The second-order valence-electron chi connectivity index (χ2n) is 30.4. The van der Waals surface area contributed by atoms with Gasteiger partial charge in [0.2, 0.25) is 0 Å². The van der Waals surface area contributed by atoms with Crippen LogP contribution in [0.4, 0.5) is 0 Å². The third kappa shape index (κ3) is 11.8. The summed E-state index contributed by atoms with van der Waals surface area (Å²) in [6, 6.07) is 149. The van der Waals surface area contributed by atoms with Crippen LogP contribution in [0.5, 0.6) is 0 Å². The summed E-state index contributed by atoms with van der Waals surface area (Å²) in [5.41, 5.74) is 29.1. The maximum absolute atomic E-state index is 5.37. The molecule has 0 saturated carbocycles. The Morgan fingerprint density at radius 2 is 0.425 bits per heavy atom. The summed E-state index contributed by atoms with van der Waals surface area (Å²) in [5.74, 6) is 1.35. The zero-order valence-electron chi connectivity index (χ0n) is 64.9. The van der Waals surface area contributed by atoms with Crippen LogP contribution in [0.25, 0.3) is 222 Å². The molecule has 0 radical (unpaired) electrons. The van der Waals surface area contributed by atoms with Crippen molar-refractivity contribution >= 4 is 109 Å². The summed E-state index contributed by atoms with van der Waals surface area (Å²) < 4.78 is 9.44. The van der Waals surface area contributed by atoms with Gasteiger partial charge < -0.3 is 18.3 Å². The summed E-state index contributed by atoms with van der Waals surface area (Å²) in [5, 5.41) is 11.8. The van der Waals surface area contributed by atoms with Gasteiger partial charge in [-0.25, -0.2) is 29.9 Å². The van der Waals surface area contributed by atoms with E-state index < -0.39 is 0 Å². The van der Waals surface area contributed by atoms with Gasteiger partial charge in [0.25, 0.3) is 0 Å². The normalized spacial score (nSPS) is 11.7. The number of hydrogen-bond donors (Lipinski definition) is 0. The highest BCUT2D eigenvalue weighted by Crippen LogP contribution is 2.46. The Bertz CT molecular complexity index is 8010. The van der Waals surface area contributed by atoms with Gasteiger partial charge >= 0.3 is 0 Å². The minimum absolute atomic E-state index is 0.671.